The van der Waals surface area contributed by atoms with Crippen LogP contribution in [0.2, 0.25) is 0 Å². The number of rotatable bonds is 7. The fraction of sp³-hybridized carbons (Fsp3) is 0.304. The van der Waals surface area contributed by atoms with E-state index in [0.29, 0.717) is 11.0 Å². The largest absolute Gasteiger partial charge is 0.495 e. The lowest BCUT2D eigenvalue weighted by molar-refractivity contribution is 0.0696. The minimum atomic E-state index is -3.97. The van der Waals surface area contributed by atoms with E-state index in [1.807, 2.05) is 0 Å². The number of carbonyl (C=O) groups is 1. The van der Waals surface area contributed by atoms with Crippen molar-refractivity contribution in [1.29, 1.82) is 0 Å². The Hall–Kier alpha value is -3.11. The number of aromatic nitrogens is 1. The van der Waals surface area contributed by atoms with Gasteiger partial charge in [-0.2, -0.15) is 8.42 Å². The van der Waals surface area contributed by atoms with Gasteiger partial charge in [-0.1, -0.05) is 29.8 Å². The zero-order valence-corrected chi connectivity index (χ0v) is 19.9. The molecule has 8 nitrogen and oxygen atoms in total. The van der Waals surface area contributed by atoms with Crippen molar-refractivity contribution in [3.05, 3.63) is 64.5 Å². The van der Waals surface area contributed by atoms with E-state index in [1.54, 1.807) is 0 Å². The molecule has 1 aromatic heterocycles. The van der Waals surface area contributed by atoms with Crippen LogP contribution in [0, 0.1) is 6.92 Å². The van der Waals surface area contributed by atoms with Crippen LogP contribution in [0.3, 0.4) is 0 Å². The summed E-state index contributed by atoms with van der Waals surface area (Å²) < 4.78 is 33.5. The SMILES string of the molecule is COc1cc(C(=O)O)ccc1NS(=O)(=O)c1csc(N2CCCC(c3ccc(C)cc3)C2)n1. The van der Waals surface area contributed by atoms with E-state index in [1.165, 1.54) is 53.2 Å². The maximum atomic E-state index is 12.9. The molecule has 1 fully saturated rings. The molecule has 0 aliphatic carbocycles. The number of anilines is 2. The number of methoxy groups -OCH3 is 1. The molecule has 1 unspecified atom stereocenters. The van der Waals surface area contributed by atoms with Crippen molar-refractivity contribution < 1.29 is 23.1 Å². The molecule has 174 valence electrons. The van der Waals surface area contributed by atoms with Crippen LogP contribution in [-0.2, 0) is 10.0 Å². The van der Waals surface area contributed by atoms with Crippen LogP contribution in [0.1, 0.15) is 40.2 Å². The van der Waals surface area contributed by atoms with Crippen LogP contribution in [0.15, 0.2) is 52.9 Å². The highest BCUT2D eigenvalue weighted by molar-refractivity contribution is 7.92. The third-order valence-corrected chi connectivity index (χ3v) is 7.98. The molecular weight excluding hydrogens is 462 g/mol. The second-order valence-corrected chi connectivity index (χ2v) is 10.5. The van der Waals surface area contributed by atoms with Gasteiger partial charge in [0.1, 0.15) is 5.75 Å². The van der Waals surface area contributed by atoms with Crippen molar-refractivity contribution in [2.24, 2.45) is 0 Å². The molecule has 2 aromatic carbocycles. The van der Waals surface area contributed by atoms with Crippen LogP contribution in [0.25, 0.3) is 0 Å². The summed E-state index contributed by atoms with van der Waals surface area (Å²) in [5, 5.41) is 11.2. The first-order chi connectivity index (χ1) is 15.8. The van der Waals surface area contributed by atoms with Crippen LogP contribution in [-0.4, -0.2) is 44.7 Å². The number of nitrogens with zero attached hydrogens (tertiary/aromatic N) is 2. The van der Waals surface area contributed by atoms with E-state index in [2.05, 4.69) is 45.8 Å². The lowest BCUT2D eigenvalue weighted by Gasteiger charge is -2.32. The molecule has 1 atom stereocenters. The Labute approximate surface area is 196 Å². The number of aromatic carboxylic acids is 1. The van der Waals surface area contributed by atoms with Crippen molar-refractivity contribution in [3.63, 3.8) is 0 Å². The molecule has 4 rings (SSSR count). The van der Waals surface area contributed by atoms with E-state index < -0.39 is 16.0 Å². The van der Waals surface area contributed by atoms with Crippen LogP contribution >= 0.6 is 11.3 Å². The van der Waals surface area contributed by atoms with E-state index in [4.69, 9.17) is 9.84 Å². The number of sulfonamides is 1. The van der Waals surface area contributed by atoms with Gasteiger partial charge in [-0.3, -0.25) is 4.72 Å². The number of aryl methyl sites for hydroxylation is 1. The summed E-state index contributed by atoms with van der Waals surface area (Å²) in [5.41, 5.74) is 2.66. The van der Waals surface area contributed by atoms with E-state index >= 15 is 0 Å². The lowest BCUT2D eigenvalue weighted by atomic mass is 9.90. The molecular formula is C23H25N3O5S2. The van der Waals surface area contributed by atoms with Gasteiger partial charge >= 0.3 is 5.97 Å². The van der Waals surface area contributed by atoms with E-state index in [-0.39, 0.29) is 22.0 Å². The molecule has 0 bridgehead atoms. The fourth-order valence-corrected chi connectivity index (χ4v) is 6.09. The van der Waals surface area contributed by atoms with Crippen molar-refractivity contribution in [3.8, 4) is 5.75 Å². The Kier molecular flexibility index (Phi) is 6.57. The summed E-state index contributed by atoms with van der Waals surface area (Å²) in [4.78, 5) is 17.7. The molecule has 0 saturated carbocycles. The van der Waals surface area contributed by atoms with Gasteiger partial charge in [-0.15, -0.1) is 11.3 Å². The number of nitrogens with one attached hydrogen (secondary N) is 1. The zero-order valence-electron chi connectivity index (χ0n) is 18.3. The molecule has 10 heteroatoms. The Morgan fingerprint density at radius 1 is 1.24 bits per heavy atom. The monoisotopic (exact) mass is 487 g/mol. The van der Waals surface area contributed by atoms with Gasteiger partial charge < -0.3 is 14.7 Å². The number of hydrogen-bond acceptors (Lipinski definition) is 7. The highest BCUT2D eigenvalue weighted by atomic mass is 32.2. The summed E-state index contributed by atoms with van der Waals surface area (Å²) in [5.74, 6) is -0.637. The fourth-order valence-electron chi connectivity index (χ4n) is 3.89. The first-order valence-corrected chi connectivity index (χ1v) is 12.8. The highest BCUT2D eigenvalue weighted by Gasteiger charge is 2.26. The molecule has 0 radical (unpaired) electrons. The molecule has 3 aromatic rings. The van der Waals surface area contributed by atoms with Gasteiger partial charge in [0.2, 0.25) is 0 Å². The Morgan fingerprint density at radius 2 is 2.00 bits per heavy atom. The third kappa shape index (κ3) is 5.12. The topological polar surface area (TPSA) is 109 Å². The summed E-state index contributed by atoms with van der Waals surface area (Å²) >= 11 is 1.30. The van der Waals surface area contributed by atoms with Crippen molar-refractivity contribution in [2.75, 3.05) is 29.8 Å². The smallest absolute Gasteiger partial charge is 0.335 e. The van der Waals surface area contributed by atoms with E-state index in [0.717, 1.165) is 25.9 Å². The number of hydrogen-bond donors (Lipinski definition) is 2. The molecule has 2 N–H and O–H groups in total. The minimum Gasteiger partial charge on any atom is -0.495 e. The summed E-state index contributed by atoms with van der Waals surface area (Å²) in [7, 11) is -2.62. The van der Waals surface area contributed by atoms with Gasteiger partial charge in [-0.05, 0) is 43.5 Å². The van der Waals surface area contributed by atoms with Crippen LogP contribution < -0.4 is 14.4 Å². The van der Waals surface area contributed by atoms with E-state index in [9.17, 15) is 13.2 Å². The maximum absolute atomic E-state index is 12.9. The lowest BCUT2D eigenvalue weighted by Crippen LogP contribution is -2.34. The average molecular weight is 488 g/mol. The van der Waals surface area contributed by atoms with Crippen molar-refractivity contribution in [2.45, 2.75) is 30.7 Å². The summed E-state index contributed by atoms with van der Waals surface area (Å²) in [6.45, 7) is 3.68. The van der Waals surface area contributed by atoms with Crippen molar-refractivity contribution >= 4 is 38.1 Å². The Bertz CT molecular complexity index is 1260. The predicted octanol–water partition coefficient (Wildman–Crippen LogP) is 4.34. The quantitative estimate of drug-likeness (QED) is 0.510. The normalized spacial score (nSPS) is 16.4. The first-order valence-electron chi connectivity index (χ1n) is 10.5. The van der Waals surface area contributed by atoms with Crippen LogP contribution in [0.5, 0.6) is 5.75 Å². The molecule has 1 aliphatic heterocycles. The number of thiazole rings is 1. The first kappa shape index (κ1) is 23.1. The van der Waals surface area contributed by atoms with Gasteiger partial charge in [-0.25, -0.2) is 9.78 Å². The highest BCUT2D eigenvalue weighted by Crippen LogP contribution is 2.33. The van der Waals surface area contributed by atoms with Crippen molar-refractivity contribution in [1.82, 2.24) is 4.98 Å². The Balaban J connectivity index is 1.51. The standard InChI is InChI=1S/C23H25N3O5S2/c1-15-5-7-16(8-6-15)18-4-3-11-26(13-18)23-24-21(14-32-23)33(29,30)25-19-10-9-17(22(27)28)12-20(19)31-2/h5-10,12,14,18,25H,3-4,11,13H2,1-2H3,(H,27,28). The molecule has 0 amide bonds. The third-order valence-electron chi connectivity index (χ3n) is 5.68. The predicted molar refractivity (Wildman–Crippen MR) is 128 cm³/mol. The number of carboxylic acids is 1. The molecule has 2 heterocycles. The number of ether oxygens (including phenoxy) is 1. The van der Waals surface area contributed by atoms with Gasteiger partial charge in [0, 0.05) is 24.4 Å². The number of carboxylic acid groups (broad SMARTS) is 1. The maximum Gasteiger partial charge on any atom is 0.335 e. The van der Waals surface area contributed by atoms with Crippen LogP contribution in [0.4, 0.5) is 10.8 Å². The summed E-state index contributed by atoms with van der Waals surface area (Å²) in [6.07, 6.45) is 2.09. The average Bonchev–Trinajstić information content (AvgIpc) is 3.31. The molecule has 0 spiro atoms. The second-order valence-electron chi connectivity index (χ2n) is 7.99. The second kappa shape index (κ2) is 9.40. The van der Waals surface area contributed by atoms with Gasteiger partial charge in [0.25, 0.3) is 10.0 Å². The number of piperidine rings is 1. The number of benzene rings is 2. The van der Waals surface area contributed by atoms with Gasteiger partial charge in [0.15, 0.2) is 10.2 Å². The van der Waals surface area contributed by atoms with Gasteiger partial charge in [0.05, 0.1) is 18.4 Å². The minimum absolute atomic E-state index is 0.000952. The Morgan fingerprint density at radius 3 is 2.70 bits per heavy atom. The molecule has 1 saturated heterocycles. The zero-order chi connectivity index (χ0) is 23.6. The molecule has 33 heavy (non-hydrogen) atoms. The summed E-state index contributed by atoms with van der Waals surface area (Å²) in [6, 6.07) is 12.5. The molecule has 1 aliphatic rings.